The first kappa shape index (κ1) is 15.8. The molecule has 2 N–H and O–H groups in total. The molecule has 0 radical (unpaired) electrons. The van der Waals surface area contributed by atoms with Gasteiger partial charge in [-0.3, -0.25) is 0 Å². The van der Waals surface area contributed by atoms with Gasteiger partial charge < -0.3 is 20.2 Å². The molecule has 1 saturated heterocycles. The lowest BCUT2D eigenvalue weighted by Crippen LogP contribution is -2.48. The molecule has 1 unspecified atom stereocenters. The fourth-order valence-electron chi connectivity index (χ4n) is 2.63. The van der Waals surface area contributed by atoms with Gasteiger partial charge in [0.15, 0.2) is 0 Å². The van der Waals surface area contributed by atoms with Crippen LogP contribution in [0.2, 0.25) is 0 Å². The van der Waals surface area contributed by atoms with Gasteiger partial charge in [-0.2, -0.15) is 0 Å². The summed E-state index contributed by atoms with van der Waals surface area (Å²) >= 11 is 0. The number of piperidine rings is 1. The smallest absolute Gasteiger partial charge is 0.319 e. The van der Waals surface area contributed by atoms with E-state index in [0.29, 0.717) is 12.6 Å². The van der Waals surface area contributed by atoms with Crippen molar-refractivity contribution >= 4 is 6.03 Å². The lowest BCUT2D eigenvalue weighted by Gasteiger charge is -2.34. The minimum absolute atomic E-state index is 0.0813. The molecule has 1 aliphatic heterocycles. The van der Waals surface area contributed by atoms with E-state index in [9.17, 15) is 9.90 Å². The maximum Gasteiger partial charge on any atom is 0.319 e. The molecular formula is C16H25N3O2. The Kier molecular flexibility index (Phi) is 5.59. The number of aliphatic hydroxyl groups excluding tert-OH is 1. The average molecular weight is 291 g/mol. The molecule has 0 aromatic heterocycles. The van der Waals surface area contributed by atoms with E-state index in [-0.39, 0.29) is 6.03 Å². The second-order valence-corrected chi connectivity index (χ2v) is 5.77. The quantitative estimate of drug-likeness (QED) is 0.883. The molecule has 5 nitrogen and oxygen atoms in total. The molecule has 1 fully saturated rings. The first-order valence-corrected chi connectivity index (χ1v) is 7.50. The molecule has 5 heteroatoms. The van der Waals surface area contributed by atoms with Gasteiger partial charge in [0.25, 0.3) is 0 Å². The summed E-state index contributed by atoms with van der Waals surface area (Å²) in [7, 11) is 3.56. The zero-order chi connectivity index (χ0) is 15.2. The number of carbonyl (C=O) groups excluding carboxylic acids is 1. The zero-order valence-electron chi connectivity index (χ0n) is 12.8. The molecule has 116 valence electrons. The van der Waals surface area contributed by atoms with Gasteiger partial charge in [-0.1, -0.05) is 30.3 Å². The number of nitrogens with zero attached hydrogens (tertiary/aromatic N) is 2. The number of rotatable bonds is 4. The van der Waals surface area contributed by atoms with Gasteiger partial charge in [0.05, 0.1) is 6.10 Å². The van der Waals surface area contributed by atoms with Crippen molar-refractivity contribution < 1.29 is 9.90 Å². The SMILES string of the molecule is CN(C)C(=O)N1CCC(NCC(O)c2ccccc2)CC1. The van der Waals surface area contributed by atoms with Crippen LogP contribution in [0.4, 0.5) is 4.79 Å². The summed E-state index contributed by atoms with van der Waals surface area (Å²) in [6.07, 6.45) is 1.38. The van der Waals surface area contributed by atoms with Crippen molar-refractivity contribution in [1.29, 1.82) is 0 Å². The number of hydrogen-bond acceptors (Lipinski definition) is 3. The van der Waals surface area contributed by atoms with Gasteiger partial charge in [0.2, 0.25) is 0 Å². The van der Waals surface area contributed by atoms with Crippen LogP contribution in [-0.4, -0.2) is 60.7 Å². The Morgan fingerprint density at radius 1 is 1.33 bits per heavy atom. The third-order valence-corrected chi connectivity index (χ3v) is 3.93. The van der Waals surface area contributed by atoms with Crippen molar-refractivity contribution in [3.63, 3.8) is 0 Å². The highest BCUT2D eigenvalue weighted by Crippen LogP contribution is 2.14. The Bertz CT molecular complexity index is 442. The predicted octanol–water partition coefficient (Wildman–Crippen LogP) is 1.46. The number of likely N-dealkylation sites (tertiary alicyclic amines) is 1. The highest BCUT2D eigenvalue weighted by atomic mass is 16.3. The monoisotopic (exact) mass is 291 g/mol. The van der Waals surface area contributed by atoms with Crippen molar-refractivity contribution in [3.8, 4) is 0 Å². The van der Waals surface area contributed by atoms with E-state index < -0.39 is 6.10 Å². The largest absolute Gasteiger partial charge is 0.387 e. The molecule has 0 spiro atoms. The minimum atomic E-state index is -0.479. The topological polar surface area (TPSA) is 55.8 Å². The molecule has 0 bridgehead atoms. The fourth-order valence-corrected chi connectivity index (χ4v) is 2.63. The summed E-state index contributed by atoms with van der Waals surface area (Å²) in [5.74, 6) is 0. The Morgan fingerprint density at radius 2 is 1.95 bits per heavy atom. The predicted molar refractivity (Wildman–Crippen MR) is 83.1 cm³/mol. The summed E-state index contributed by atoms with van der Waals surface area (Å²) in [6.45, 7) is 2.10. The zero-order valence-corrected chi connectivity index (χ0v) is 12.8. The third-order valence-electron chi connectivity index (χ3n) is 3.93. The first-order valence-electron chi connectivity index (χ1n) is 7.50. The summed E-state index contributed by atoms with van der Waals surface area (Å²) in [4.78, 5) is 15.3. The van der Waals surface area contributed by atoms with E-state index in [1.54, 1.807) is 19.0 Å². The fraction of sp³-hybridized carbons (Fsp3) is 0.562. The standard InChI is InChI=1S/C16H25N3O2/c1-18(2)16(21)19-10-8-14(9-11-19)17-12-15(20)13-6-4-3-5-7-13/h3-7,14-15,17,20H,8-12H2,1-2H3. The van der Waals surface area contributed by atoms with Crippen LogP contribution in [0.5, 0.6) is 0 Å². The van der Waals surface area contributed by atoms with Gasteiger partial charge in [-0.05, 0) is 18.4 Å². The highest BCUT2D eigenvalue weighted by Gasteiger charge is 2.23. The number of benzene rings is 1. The molecule has 2 amide bonds. The molecule has 1 aromatic rings. The van der Waals surface area contributed by atoms with E-state index >= 15 is 0 Å². The number of urea groups is 1. The Hall–Kier alpha value is -1.59. The molecule has 1 heterocycles. The van der Waals surface area contributed by atoms with E-state index in [2.05, 4.69) is 5.32 Å². The lowest BCUT2D eigenvalue weighted by molar-refractivity contribution is 0.140. The number of amides is 2. The van der Waals surface area contributed by atoms with Crippen LogP contribution in [0.25, 0.3) is 0 Å². The summed E-state index contributed by atoms with van der Waals surface area (Å²) in [5.41, 5.74) is 0.935. The maximum atomic E-state index is 11.8. The minimum Gasteiger partial charge on any atom is -0.387 e. The second kappa shape index (κ2) is 7.43. The molecule has 2 rings (SSSR count). The van der Waals surface area contributed by atoms with Crippen LogP contribution in [-0.2, 0) is 0 Å². The van der Waals surface area contributed by atoms with E-state index in [4.69, 9.17) is 0 Å². The van der Waals surface area contributed by atoms with Crippen LogP contribution >= 0.6 is 0 Å². The maximum absolute atomic E-state index is 11.8. The van der Waals surface area contributed by atoms with Crippen LogP contribution in [0.3, 0.4) is 0 Å². The summed E-state index contributed by atoms with van der Waals surface area (Å²) in [6, 6.07) is 10.1. The summed E-state index contributed by atoms with van der Waals surface area (Å²) < 4.78 is 0. The molecule has 1 aliphatic rings. The first-order chi connectivity index (χ1) is 10.1. The van der Waals surface area contributed by atoms with Gasteiger partial charge in [-0.25, -0.2) is 4.79 Å². The highest BCUT2D eigenvalue weighted by molar-refractivity contribution is 5.73. The van der Waals surface area contributed by atoms with Gasteiger partial charge in [0, 0.05) is 39.8 Å². The van der Waals surface area contributed by atoms with Gasteiger partial charge >= 0.3 is 6.03 Å². The molecular weight excluding hydrogens is 266 g/mol. The Morgan fingerprint density at radius 3 is 2.52 bits per heavy atom. The van der Waals surface area contributed by atoms with Crippen LogP contribution in [0.15, 0.2) is 30.3 Å². The number of nitrogens with one attached hydrogen (secondary N) is 1. The van der Waals surface area contributed by atoms with Crippen LogP contribution < -0.4 is 5.32 Å². The molecule has 0 saturated carbocycles. The van der Waals surface area contributed by atoms with Crippen molar-refractivity contribution in [2.45, 2.75) is 25.0 Å². The van der Waals surface area contributed by atoms with Crippen LogP contribution in [0, 0.1) is 0 Å². The second-order valence-electron chi connectivity index (χ2n) is 5.77. The van der Waals surface area contributed by atoms with Gasteiger partial charge in [0.1, 0.15) is 0 Å². The van der Waals surface area contributed by atoms with Crippen molar-refractivity contribution in [1.82, 2.24) is 15.1 Å². The molecule has 1 atom stereocenters. The number of hydrogen-bond donors (Lipinski definition) is 2. The van der Waals surface area contributed by atoms with E-state index in [0.717, 1.165) is 31.5 Å². The number of aliphatic hydroxyl groups is 1. The third kappa shape index (κ3) is 4.44. The number of carbonyl (C=O) groups is 1. The lowest BCUT2D eigenvalue weighted by atomic mass is 10.0. The molecule has 1 aromatic carbocycles. The van der Waals surface area contributed by atoms with Crippen LogP contribution in [0.1, 0.15) is 24.5 Å². The summed E-state index contributed by atoms with van der Waals surface area (Å²) in [5, 5.41) is 13.5. The molecule has 21 heavy (non-hydrogen) atoms. The Labute approximate surface area is 126 Å². The van der Waals surface area contributed by atoms with E-state index in [1.807, 2.05) is 35.2 Å². The Balaban J connectivity index is 1.73. The van der Waals surface area contributed by atoms with E-state index in [1.165, 1.54) is 0 Å². The van der Waals surface area contributed by atoms with Gasteiger partial charge in [-0.15, -0.1) is 0 Å². The van der Waals surface area contributed by atoms with Crippen molar-refractivity contribution in [2.24, 2.45) is 0 Å². The van der Waals surface area contributed by atoms with Crippen molar-refractivity contribution in [3.05, 3.63) is 35.9 Å². The average Bonchev–Trinajstić information content (AvgIpc) is 2.53. The van der Waals surface area contributed by atoms with Crippen molar-refractivity contribution in [2.75, 3.05) is 33.7 Å². The molecule has 0 aliphatic carbocycles. The normalized spacial score (nSPS) is 17.6.